The molecule has 74 valence electrons. The van der Waals surface area contributed by atoms with Gasteiger partial charge in [-0.15, -0.1) is 16.7 Å². The van der Waals surface area contributed by atoms with E-state index in [-0.39, 0.29) is 5.38 Å². The number of hydrogen-bond acceptors (Lipinski definition) is 4. The molecule has 14 heavy (non-hydrogen) atoms. The summed E-state index contributed by atoms with van der Waals surface area (Å²) in [5.74, 6) is 0.611. The van der Waals surface area contributed by atoms with Crippen LogP contribution in [0.1, 0.15) is 18.1 Å². The zero-order chi connectivity index (χ0) is 10.1. The maximum atomic E-state index is 5.92. The summed E-state index contributed by atoms with van der Waals surface area (Å²) in [6, 6.07) is 0. The number of nitrogens with zero attached hydrogens (tertiary/aromatic N) is 6. The molecule has 6 nitrogen and oxygen atoms in total. The summed E-state index contributed by atoms with van der Waals surface area (Å²) in [6.07, 6.45) is 3.50. The van der Waals surface area contributed by atoms with Crippen LogP contribution in [-0.2, 0) is 7.05 Å². The number of alkyl halides is 1. The molecule has 0 aliphatic heterocycles. The van der Waals surface area contributed by atoms with E-state index in [0.717, 1.165) is 5.69 Å². The van der Waals surface area contributed by atoms with Gasteiger partial charge in [-0.05, 0) is 17.4 Å². The zero-order valence-corrected chi connectivity index (χ0v) is 8.55. The van der Waals surface area contributed by atoms with Gasteiger partial charge < -0.3 is 0 Å². The van der Waals surface area contributed by atoms with Gasteiger partial charge >= 0.3 is 0 Å². The molecule has 1 atom stereocenters. The molecule has 0 aliphatic carbocycles. The van der Waals surface area contributed by atoms with Gasteiger partial charge in [-0.1, -0.05) is 0 Å². The second-order valence-electron chi connectivity index (χ2n) is 2.94. The summed E-state index contributed by atoms with van der Waals surface area (Å²) >= 11 is 5.92. The second kappa shape index (κ2) is 3.38. The van der Waals surface area contributed by atoms with E-state index in [1.165, 1.54) is 0 Å². The van der Waals surface area contributed by atoms with Crippen LogP contribution in [0.2, 0.25) is 0 Å². The van der Waals surface area contributed by atoms with Crippen LogP contribution in [0.25, 0.3) is 5.69 Å². The van der Waals surface area contributed by atoms with E-state index < -0.39 is 0 Å². The molecule has 0 saturated carbocycles. The molecule has 0 fully saturated rings. The Morgan fingerprint density at radius 3 is 2.86 bits per heavy atom. The first kappa shape index (κ1) is 9.14. The Morgan fingerprint density at radius 2 is 2.29 bits per heavy atom. The van der Waals surface area contributed by atoms with E-state index in [1.807, 2.05) is 20.2 Å². The molecule has 1 unspecified atom stereocenters. The average Bonchev–Trinajstić information content (AvgIpc) is 2.70. The van der Waals surface area contributed by atoms with E-state index >= 15 is 0 Å². The molecule has 0 N–H and O–H groups in total. The van der Waals surface area contributed by atoms with E-state index in [1.54, 1.807) is 15.6 Å². The molecule has 2 aromatic rings. The molecular formula is C7H9ClN6. The van der Waals surface area contributed by atoms with Gasteiger partial charge in [-0.2, -0.15) is 9.78 Å². The molecule has 0 saturated heterocycles. The Hall–Kier alpha value is -1.43. The van der Waals surface area contributed by atoms with Gasteiger partial charge in [0.25, 0.3) is 0 Å². The van der Waals surface area contributed by atoms with Crippen LogP contribution in [0.4, 0.5) is 0 Å². The van der Waals surface area contributed by atoms with Gasteiger partial charge in [0.15, 0.2) is 5.82 Å². The number of aromatic nitrogens is 6. The van der Waals surface area contributed by atoms with Crippen LogP contribution < -0.4 is 0 Å². The minimum Gasteiger partial charge on any atom is -0.274 e. The van der Waals surface area contributed by atoms with Crippen LogP contribution in [-0.4, -0.2) is 30.0 Å². The Morgan fingerprint density at radius 1 is 1.50 bits per heavy atom. The minimum atomic E-state index is -0.231. The standard InChI is InChI=1S/C7H9ClN6/c1-5(8)7-10-11-12-14(7)6-3-9-13(2)4-6/h3-5H,1-2H3. The molecule has 7 heteroatoms. The van der Waals surface area contributed by atoms with Crippen LogP contribution >= 0.6 is 11.6 Å². The normalized spacial score (nSPS) is 13.1. The second-order valence-corrected chi connectivity index (χ2v) is 3.59. The largest absolute Gasteiger partial charge is 0.274 e. The Labute approximate surface area is 85.5 Å². The minimum absolute atomic E-state index is 0.231. The Bertz CT molecular complexity index is 431. The number of aryl methyl sites for hydroxylation is 1. The summed E-state index contributed by atoms with van der Waals surface area (Å²) in [6.45, 7) is 1.82. The van der Waals surface area contributed by atoms with Crippen molar-refractivity contribution in [2.75, 3.05) is 0 Å². The van der Waals surface area contributed by atoms with E-state index in [4.69, 9.17) is 11.6 Å². The fraction of sp³-hybridized carbons (Fsp3) is 0.429. The highest BCUT2D eigenvalue weighted by molar-refractivity contribution is 6.20. The smallest absolute Gasteiger partial charge is 0.174 e. The highest BCUT2D eigenvalue weighted by Crippen LogP contribution is 2.18. The lowest BCUT2D eigenvalue weighted by atomic mass is 10.4. The predicted octanol–water partition coefficient (Wildman–Crippen LogP) is 0.696. The average molecular weight is 213 g/mol. The molecule has 0 spiro atoms. The topological polar surface area (TPSA) is 61.4 Å². The van der Waals surface area contributed by atoms with Gasteiger partial charge in [0, 0.05) is 7.05 Å². The maximum Gasteiger partial charge on any atom is 0.174 e. The molecule has 0 aliphatic rings. The quantitative estimate of drug-likeness (QED) is 0.688. The van der Waals surface area contributed by atoms with Gasteiger partial charge in [0.05, 0.1) is 17.8 Å². The monoisotopic (exact) mass is 212 g/mol. The highest BCUT2D eigenvalue weighted by Gasteiger charge is 2.13. The molecule has 0 bridgehead atoms. The fourth-order valence-corrected chi connectivity index (χ4v) is 1.28. The molecule has 0 radical (unpaired) electrons. The third-order valence-electron chi connectivity index (χ3n) is 1.79. The molecular weight excluding hydrogens is 204 g/mol. The van der Waals surface area contributed by atoms with Crippen molar-refractivity contribution in [2.45, 2.75) is 12.3 Å². The van der Waals surface area contributed by atoms with E-state index in [9.17, 15) is 0 Å². The maximum absolute atomic E-state index is 5.92. The first-order valence-corrected chi connectivity index (χ1v) is 4.53. The number of halogens is 1. The molecule has 2 rings (SSSR count). The lowest BCUT2D eigenvalue weighted by Crippen LogP contribution is -2.02. The van der Waals surface area contributed by atoms with E-state index in [2.05, 4.69) is 20.6 Å². The Kier molecular flexibility index (Phi) is 2.20. The van der Waals surface area contributed by atoms with Crippen molar-refractivity contribution in [3.63, 3.8) is 0 Å². The first-order chi connectivity index (χ1) is 6.68. The zero-order valence-electron chi connectivity index (χ0n) is 7.79. The van der Waals surface area contributed by atoms with Crippen LogP contribution in [0.5, 0.6) is 0 Å². The van der Waals surface area contributed by atoms with Crippen molar-refractivity contribution in [3.05, 3.63) is 18.2 Å². The van der Waals surface area contributed by atoms with Crippen molar-refractivity contribution in [1.29, 1.82) is 0 Å². The Balaban J connectivity index is 2.46. The summed E-state index contributed by atoms with van der Waals surface area (Å²) in [5.41, 5.74) is 0.806. The number of tetrazole rings is 1. The lowest BCUT2D eigenvalue weighted by molar-refractivity contribution is 0.750. The first-order valence-electron chi connectivity index (χ1n) is 4.10. The SMILES string of the molecule is CC(Cl)c1nnnn1-c1cnn(C)c1. The van der Waals surface area contributed by atoms with Crippen LogP contribution in [0, 0.1) is 0 Å². The van der Waals surface area contributed by atoms with Crippen molar-refractivity contribution in [1.82, 2.24) is 30.0 Å². The molecule has 0 aromatic carbocycles. The van der Waals surface area contributed by atoms with Crippen LogP contribution in [0.3, 0.4) is 0 Å². The van der Waals surface area contributed by atoms with E-state index in [0.29, 0.717) is 5.82 Å². The highest BCUT2D eigenvalue weighted by atomic mass is 35.5. The van der Waals surface area contributed by atoms with Gasteiger partial charge in [-0.3, -0.25) is 4.68 Å². The molecule has 2 heterocycles. The summed E-state index contributed by atoms with van der Waals surface area (Å²) in [4.78, 5) is 0. The predicted molar refractivity (Wildman–Crippen MR) is 50.2 cm³/mol. The van der Waals surface area contributed by atoms with Gasteiger partial charge in [0.2, 0.25) is 0 Å². The van der Waals surface area contributed by atoms with Gasteiger partial charge in [-0.25, -0.2) is 0 Å². The molecule has 2 aromatic heterocycles. The number of rotatable bonds is 2. The van der Waals surface area contributed by atoms with Crippen molar-refractivity contribution < 1.29 is 0 Å². The molecule has 0 amide bonds. The summed E-state index contributed by atoms with van der Waals surface area (Å²) in [5, 5.41) is 15.0. The lowest BCUT2D eigenvalue weighted by Gasteiger charge is -2.01. The van der Waals surface area contributed by atoms with Crippen LogP contribution in [0.15, 0.2) is 12.4 Å². The van der Waals surface area contributed by atoms with Crippen molar-refractivity contribution in [3.8, 4) is 5.69 Å². The summed E-state index contributed by atoms with van der Waals surface area (Å²) < 4.78 is 3.25. The van der Waals surface area contributed by atoms with Crippen molar-refractivity contribution >= 4 is 11.6 Å². The van der Waals surface area contributed by atoms with Gasteiger partial charge in [0.1, 0.15) is 5.69 Å². The van der Waals surface area contributed by atoms with Crippen molar-refractivity contribution in [2.24, 2.45) is 7.05 Å². The number of hydrogen-bond donors (Lipinski definition) is 0. The summed E-state index contributed by atoms with van der Waals surface area (Å²) in [7, 11) is 1.83. The third-order valence-corrected chi connectivity index (χ3v) is 1.98. The third kappa shape index (κ3) is 1.48. The fourth-order valence-electron chi connectivity index (χ4n) is 1.14.